The smallest absolute Gasteiger partial charge is 0.306 e. The molecule has 0 aliphatic heterocycles. The average molecular weight is 301 g/mol. The number of ether oxygens (including phenoxy) is 1. The quantitative estimate of drug-likeness (QED) is 0.758. The third-order valence-corrected chi connectivity index (χ3v) is 3.10. The van der Waals surface area contributed by atoms with Crippen molar-refractivity contribution in [2.24, 2.45) is 0 Å². The number of hydrogen-bond donors (Lipinski definition) is 1. The van der Waals surface area contributed by atoms with Gasteiger partial charge in [0.05, 0.1) is 12.7 Å². The van der Waals surface area contributed by atoms with Crippen LogP contribution in [0.15, 0.2) is 53.1 Å². The Hall–Kier alpha value is -2.56. The van der Waals surface area contributed by atoms with E-state index in [-0.39, 0.29) is 18.9 Å². The molecule has 0 atom stereocenters. The third-order valence-electron chi connectivity index (χ3n) is 3.10. The van der Waals surface area contributed by atoms with Crippen molar-refractivity contribution in [3.8, 4) is 0 Å². The molecule has 22 heavy (non-hydrogen) atoms. The van der Waals surface area contributed by atoms with Crippen molar-refractivity contribution in [2.75, 3.05) is 13.2 Å². The van der Waals surface area contributed by atoms with E-state index < -0.39 is 5.97 Å². The van der Waals surface area contributed by atoms with E-state index in [1.165, 1.54) is 0 Å². The molecule has 5 heteroatoms. The number of nitrogens with one attached hydrogen (secondary N) is 1. The Morgan fingerprint density at radius 2 is 1.86 bits per heavy atom. The van der Waals surface area contributed by atoms with Crippen molar-refractivity contribution in [3.63, 3.8) is 0 Å². The van der Waals surface area contributed by atoms with Crippen molar-refractivity contribution in [2.45, 2.75) is 19.3 Å². The molecule has 0 radical (unpaired) electrons. The van der Waals surface area contributed by atoms with E-state index in [4.69, 9.17) is 9.15 Å². The number of benzene rings is 1. The van der Waals surface area contributed by atoms with Gasteiger partial charge >= 0.3 is 5.97 Å². The van der Waals surface area contributed by atoms with Gasteiger partial charge in [0, 0.05) is 13.0 Å². The zero-order valence-electron chi connectivity index (χ0n) is 12.3. The maximum Gasteiger partial charge on any atom is 0.306 e. The number of rotatable bonds is 8. The van der Waals surface area contributed by atoms with Gasteiger partial charge in [-0.05, 0) is 24.1 Å². The number of hydrogen-bond acceptors (Lipinski definition) is 4. The lowest BCUT2D eigenvalue weighted by Gasteiger charge is -2.06. The van der Waals surface area contributed by atoms with Crippen molar-refractivity contribution in [1.82, 2.24) is 5.32 Å². The minimum absolute atomic E-state index is 0.199. The third kappa shape index (κ3) is 5.83. The number of esters is 1. The van der Waals surface area contributed by atoms with Gasteiger partial charge < -0.3 is 14.5 Å². The lowest BCUT2D eigenvalue weighted by molar-refractivity contribution is -0.148. The summed E-state index contributed by atoms with van der Waals surface area (Å²) in [5.41, 5.74) is 1.15. The van der Waals surface area contributed by atoms with Crippen LogP contribution >= 0.6 is 0 Å². The van der Waals surface area contributed by atoms with Crippen LogP contribution in [0.2, 0.25) is 0 Å². The Labute approximate surface area is 129 Å². The predicted octanol–water partition coefficient (Wildman–Crippen LogP) is 2.11. The second-order valence-electron chi connectivity index (χ2n) is 4.83. The number of carbonyl (C=O) groups excluding carboxylic acids is 2. The molecule has 1 N–H and O–H groups in total. The molecule has 1 aromatic carbocycles. The molecule has 0 spiro atoms. The Kier molecular flexibility index (Phi) is 6.23. The Balaban J connectivity index is 1.56. The Bertz CT molecular complexity index is 578. The van der Waals surface area contributed by atoms with Gasteiger partial charge in [-0.2, -0.15) is 0 Å². The summed E-state index contributed by atoms with van der Waals surface area (Å²) < 4.78 is 10.0. The fraction of sp³-hybridized carbons (Fsp3) is 0.294. The first-order valence-corrected chi connectivity index (χ1v) is 7.22. The fourth-order valence-electron chi connectivity index (χ4n) is 1.94. The highest BCUT2D eigenvalue weighted by atomic mass is 16.5. The highest BCUT2D eigenvalue weighted by molar-refractivity contribution is 5.80. The molecule has 1 aromatic heterocycles. The molecule has 5 nitrogen and oxygen atoms in total. The lowest BCUT2D eigenvalue weighted by Crippen LogP contribution is -2.30. The predicted molar refractivity (Wildman–Crippen MR) is 81.1 cm³/mol. The van der Waals surface area contributed by atoms with Crippen LogP contribution in [-0.2, 0) is 27.2 Å². The van der Waals surface area contributed by atoms with E-state index in [2.05, 4.69) is 5.32 Å². The molecule has 116 valence electrons. The monoisotopic (exact) mass is 301 g/mol. The van der Waals surface area contributed by atoms with Crippen LogP contribution in [0.4, 0.5) is 0 Å². The molecule has 2 aromatic rings. The van der Waals surface area contributed by atoms with Crippen LogP contribution in [0, 0.1) is 0 Å². The Morgan fingerprint density at radius 3 is 2.59 bits per heavy atom. The first kappa shape index (κ1) is 15.8. The first-order chi connectivity index (χ1) is 10.7. The van der Waals surface area contributed by atoms with Crippen LogP contribution in [-0.4, -0.2) is 25.0 Å². The molecule has 0 bridgehead atoms. The van der Waals surface area contributed by atoms with Crippen molar-refractivity contribution in [3.05, 3.63) is 60.1 Å². The van der Waals surface area contributed by atoms with Gasteiger partial charge in [0.2, 0.25) is 0 Å². The summed E-state index contributed by atoms with van der Waals surface area (Å²) in [6, 6.07) is 13.4. The van der Waals surface area contributed by atoms with Gasteiger partial charge in [-0.1, -0.05) is 30.3 Å². The van der Waals surface area contributed by atoms with Crippen molar-refractivity contribution >= 4 is 11.9 Å². The standard InChI is InChI=1S/C17H19NO4/c19-16(18-11-10-14-5-2-1-3-6-14)13-22-17(20)9-8-15-7-4-12-21-15/h1-7,12H,8-11,13H2,(H,18,19). The minimum atomic E-state index is -0.408. The summed E-state index contributed by atoms with van der Waals surface area (Å²) in [6.07, 6.45) is 2.98. The van der Waals surface area contributed by atoms with Crippen LogP contribution in [0.25, 0.3) is 0 Å². The molecule has 0 saturated carbocycles. The number of furan rings is 1. The van der Waals surface area contributed by atoms with Crippen molar-refractivity contribution in [1.29, 1.82) is 0 Å². The van der Waals surface area contributed by atoms with E-state index in [0.29, 0.717) is 13.0 Å². The highest BCUT2D eigenvalue weighted by Gasteiger charge is 2.08. The van der Waals surface area contributed by atoms with Crippen LogP contribution in [0.3, 0.4) is 0 Å². The second kappa shape index (κ2) is 8.67. The summed E-state index contributed by atoms with van der Waals surface area (Å²) in [5.74, 6) is 0.0288. The highest BCUT2D eigenvalue weighted by Crippen LogP contribution is 2.04. The zero-order valence-corrected chi connectivity index (χ0v) is 12.3. The molecule has 0 aliphatic carbocycles. The molecular formula is C17H19NO4. The largest absolute Gasteiger partial charge is 0.469 e. The number of aryl methyl sites for hydroxylation is 1. The second-order valence-corrected chi connectivity index (χ2v) is 4.83. The van der Waals surface area contributed by atoms with Crippen LogP contribution < -0.4 is 5.32 Å². The minimum Gasteiger partial charge on any atom is -0.469 e. The molecule has 0 saturated heterocycles. The average Bonchev–Trinajstić information content (AvgIpc) is 3.05. The SMILES string of the molecule is O=C(COC(=O)CCc1ccco1)NCCc1ccccc1. The lowest BCUT2D eigenvalue weighted by atomic mass is 10.1. The maximum atomic E-state index is 11.6. The first-order valence-electron chi connectivity index (χ1n) is 7.22. The molecule has 0 unspecified atom stereocenters. The molecular weight excluding hydrogens is 282 g/mol. The van der Waals surface area contributed by atoms with Crippen LogP contribution in [0.1, 0.15) is 17.7 Å². The zero-order chi connectivity index (χ0) is 15.6. The van der Waals surface area contributed by atoms with E-state index in [1.54, 1.807) is 18.4 Å². The molecule has 0 fully saturated rings. The summed E-state index contributed by atoms with van der Waals surface area (Å²) in [5, 5.41) is 2.72. The van der Waals surface area contributed by atoms with Gasteiger partial charge in [0.1, 0.15) is 5.76 Å². The van der Waals surface area contributed by atoms with Gasteiger partial charge in [-0.25, -0.2) is 0 Å². The van der Waals surface area contributed by atoms with E-state index in [9.17, 15) is 9.59 Å². The number of carbonyl (C=O) groups is 2. The summed E-state index contributed by atoms with van der Waals surface area (Å²) in [6.45, 7) is 0.276. The molecule has 2 rings (SSSR count). The van der Waals surface area contributed by atoms with Gasteiger partial charge in [-0.3, -0.25) is 9.59 Å². The molecule has 1 heterocycles. The molecule has 0 aliphatic rings. The van der Waals surface area contributed by atoms with Gasteiger partial charge in [-0.15, -0.1) is 0 Å². The normalized spacial score (nSPS) is 10.2. The Morgan fingerprint density at radius 1 is 1.05 bits per heavy atom. The van der Waals surface area contributed by atoms with Gasteiger partial charge in [0.25, 0.3) is 5.91 Å². The van der Waals surface area contributed by atoms with E-state index in [0.717, 1.165) is 17.7 Å². The van der Waals surface area contributed by atoms with E-state index in [1.807, 2.05) is 30.3 Å². The maximum absolute atomic E-state index is 11.6. The molecule has 1 amide bonds. The van der Waals surface area contributed by atoms with Crippen LogP contribution in [0.5, 0.6) is 0 Å². The van der Waals surface area contributed by atoms with Crippen molar-refractivity contribution < 1.29 is 18.7 Å². The fourth-order valence-corrected chi connectivity index (χ4v) is 1.94. The van der Waals surface area contributed by atoms with E-state index >= 15 is 0 Å². The number of amides is 1. The van der Waals surface area contributed by atoms with Gasteiger partial charge in [0.15, 0.2) is 6.61 Å². The topological polar surface area (TPSA) is 68.5 Å². The summed E-state index contributed by atoms with van der Waals surface area (Å²) in [4.78, 5) is 23.1. The summed E-state index contributed by atoms with van der Waals surface area (Å²) >= 11 is 0. The summed E-state index contributed by atoms with van der Waals surface area (Å²) in [7, 11) is 0.